The van der Waals surface area contributed by atoms with Gasteiger partial charge in [-0.1, -0.05) is 6.92 Å². The molecular weight excluding hydrogens is 258 g/mol. The molecule has 0 unspecified atom stereocenters. The number of nitrogens with zero attached hydrogens (tertiary/aromatic N) is 5. The van der Waals surface area contributed by atoms with Crippen molar-refractivity contribution >= 4 is 11.9 Å². The molecule has 0 spiro atoms. The number of nitrogen functional groups attached to an aromatic ring is 1. The number of nitrogens with two attached hydrogens (primary N) is 1. The summed E-state index contributed by atoms with van der Waals surface area (Å²) in [5.74, 6) is 0.561. The quantitative estimate of drug-likeness (QED) is 0.765. The molecule has 8 nitrogen and oxygen atoms in total. The Labute approximate surface area is 117 Å². The monoisotopic (exact) mass is 277 g/mol. The van der Waals surface area contributed by atoms with Crippen LogP contribution in [0.2, 0.25) is 0 Å². The smallest absolute Gasteiger partial charge is 0.323 e. The number of ether oxygens (including phenoxy) is 1. The van der Waals surface area contributed by atoms with Gasteiger partial charge >= 0.3 is 6.01 Å². The fourth-order valence-corrected chi connectivity index (χ4v) is 1.61. The molecule has 0 radical (unpaired) electrons. The van der Waals surface area contributed by atoms with Crippen LogP contribution in [0.25, 0.3) is 0 Å². The van der Waals surface area contributed by atoms with Gasteiger partial charge in [0.15, 0.2) is 0 Å². The summed E-state index contributed by atoms with van der Waals surface area (Å²) in [7, 11) is 1.89. The summed E-state index contributed by atoms with van der Waals surface area (Å²) in [6, 6.07) is 2.22. The maximum Gasteiger partial charge on any atom is 0.323 e. The molecular formula is C12H19N7O. The number of aryl methyl sites for hydroxylation is 1. The van der Waals surface area contributed by atoms with Crippen molar-refractivity contribution in [3.63, 3.8) is 0 Å². The number of nitrogens with one attached hydrogen (secondary N) is 1. The first kappa shape index (κ1) is 14.0. The number of hydrogen-bond acceptors (Lipinski definition) is 7. The van der Waals surface area contributed by atoms with Gasteiger partial charge in [-0.3, -0.25) is 4.68 Å². The standard InChI is InChI=1S/C12H19N7O/c1-3-8-20-12-16-10(13)15-11(17-12)14-6-4-9-5-7-19(2)18-9/h5,7H,3-4,6,8H2,1-2H3,(H3,13,14,15,16,17). The van der Waals surface area contributed by atoms with Crippen LogP contribution >= 0.6 is 0 Å². The van der Waals surface area contributed by atoms with Crippen LogP contribution in [0.15, 0.2) is 12.3 Å². The van der Waals surface area contributed by atoms with Gasteiger partial charge in [-0.2, -0.15) is 20.1 Å². The Kier molecular flexibility index (Phi) is 4.70. The van der Waals surface area contributed by atoms with Crippen LogP contribution in [-0.4, -0.2) is 37.9 Å². The summed E-state index contributed by atoms with van der Waals surface area (Å²) in [4.78, 5) is 12.1. The predicted octanol–water partition coefficient (Wildman–Crippen LogP) is 0.631. The Morgan fingerprint density at radius 2 is 2.20 bits per heavy atom. The minimum absolute atomic E-state index is 0.145. The van der Waals surface area contributed by atoms with E-state index in [1.165, 1.54) is 0 Å². The van der Waals surface area contributed by atoms with Gasteiger partial charge in [-0.05, 0) is 12.5 Å². The first-order chi connectivity index (χ1) is 9.67. The number of aromatic nitrogens is 5. The third-order valence-electron chi connectivity index (χ3n) is 2.50. The van der Waals surface area contributed by atoms with E-state index in [1.807, 2.05) is 26.2 Å². The van der Waals surface area contributed by atoms with E-state index in [-0.39, 0.29) is 12.0 Å². The van der Waals surface area contributed by atoms with Crippen LogP contribution in [0.1, 0.15) is 19.0 Å². The Morgan fingerprint density at radius 1 is 1.35 bits per heavy atom. The Bertz CT molecular complexity index is 554. The Hall–Kier alpha value is -2.38. The first-order valence-electron chi connectivity index (χ1n) is 6.54. The lowest BCUT2D eigenvalue weighted by Crippen LogP contribution is -2.12. The second kappa shape index (κ2) is 6.69. The highest BCUT2D eigenvalue weighted by atomic mass is 16.5. The normalized spacial score (nSPS) is 10.5. The molecule has 0 amide bonds. The van der Waals surface area contributed by atoms with Gasteiger partial charge in [0.05, 0.1) is 12.3 Å². The van der Waals surface area contributed by atoms with Crippen LogP contribution in [0.3, 0.4) is 0 Å². The molecule has 0 aliphatic heterocycles. The summed E-state index contributed by atoms with van der Waals surface area (Å²) in [6.07, 6.45) is 3.57. The molecule has 2 aromatic heterocycles. The molecule has 8 heteroatoms. The van der Waals surface area contributed by atoms with Gasteiger partial charge in [-0.25, -0.2) is 0 Å². The average Bonchev–Trinajstić information content (AvgIpc) is 2.81. The van der Waals surface area contributed by atoms with Crippen molar-refractivity contribution in [3.8, 4) is 6.01 Å². The topological polar surface area (TPSA) is 104 Å². The summed E-state index contributed by atoms with van der Waals surface area (Å²) in [6.45, 7) is 3.22. The zero-order valence-electron chi connectivity index (χ0n) is 11.7. The number of rotatable bonds is 7. The van der Waals surface area contributed by atoms with E-state index in [0.717, 1.165) is 18.5 Å². The van der Waals surface area contributed by atoms with Gasteiger partial charge in [0.1, 0.15) is 0 Å². The molecule has 0 aliphatic carbocycles. The van der Waals surface area contributed by atoms with Crippen LogP contribution < -0.4 is 15.8 Å². The van der Waals surface area contributed by atoms with Crippen molar-refractivity contribution in [2.45, 2.75) is 19.8 Å². The van der Waals surface area contributed by atoms with E-state index in [4.69, 9.17) is 10.5 Å². The Balaban J connectivity index is 1.89. The maximum atomic E-state index is 5.62. The summed E-state index contributed by atoms with van der Waals surface area (Å²) < 4.78 is 7.12. The lowest BCUT2D eigenvalue weighted by molar-refractivity contribution is 0.292. The molecule has 2 aromatic rings. The minimum Gasteiger partial charge on any atom is -0.463 e. The molecule has 2 rings (SSSR count). The lowest BCUT2D eigenvalue weighted by Gasteiger charge is -2.07. The predicted molar refractivity (Wildman–Crippen MR) is 75.4 cm³/mol. The van der Waals surface area contributed by atoms with Crippen molar-refractivity contribution in [3.05, 3.63) is 18.0 Å². The third-order valence-corrected chi connectivity index (χ3v) is 2.50. The van der Waals surface area contributed by atoms with E-state index >= 15 is 0 Å². The SMILES string of the molecule is CCCOc1nc(N)nc(NCCc2ccn(C)n2)n1. The van der Waals surface area contributed by atoms with E-state index in [9.17, 15) is 0 Å². The summed E-state index contributed by atoms with van der Waals surface area (Å²) in [5.41, 5.74) is 6.62. The van der Waals surface area contributed by atoms with Crippen molar-refractivity contribution in [2.75, 3.05) is 24.2 Å². The van der Waals surface area contributed by atoms with Gasteiger partial charge in [0.25, 0.3) is 0 Å². The average molecular weight is 277 g/mol. The van der Waals surface area contributed by atoms with Crippen LogP contribution in [0.5, 0.6) is 6.01 Å². The molecule has 0 saturated heterocycles. The van der Waals surface area contributed by atoms with Gasteiger partial charge in [0, 0.05) is 26.2 Å². The van der Waals surface area contributed by atoms with Crippen molar-refractivity contribution in [1.29, 1.82) is 0 Å². The van der Waals surface area contributed by atoms with Crippen molar-refractivity contribution in [2.24, 2.45) is 7.05 Å². The number of anilines is 2. The Morgan fingerprint density at radius 3 is 2.90 bits per heavy atom. The molecule has 20 heavy (non-hydrogen) atoms. The second-order valence-electron chi connectivity index (χ2n) is 4.31. The highest BCUT2D eigenvalue weighted by Crippen LogP contribution is 2.09. The maximum absolute atomic E-state index is 5.62. The molecule has 0 aromatic carbocycles. The van der Waals surface area contributed by atoms with E-state index in [1.54, 1.807) is 4.68 Å². The molecule has 3 N–H and O–H groups in total. The third kappa shape index (κ3) is 4.08. The molecule has 108 valence electrons. The van der Waals surface area contributed by atoms with Crippen LogP contribution in [0, 0.1) is 0 Å². The molecule has 0 atom stereocenters. The van der Waals surface area contributed by atoms with E-state index in [0.29, 0.717) is 19.1 Å². The molecule has 0 aliphatic rings. The van der Waals surface area contributed by atoms with Crippen molar-refractivity contribution < 1.29 is 4.74 Å². The van der Waals surface area contributed by atoms with Gasteiger partial charge in [-0.15, -0.1) is 0 Å². The number of hydrogen-bond donors (Lipinski definition) is 2. The molecule has 0 saturated carbocycles. The van der Waals surface area contributed by atoms with Gasteiger partial charge < -0.3 is 15.8 Å². The minimum atomic E-state index is 0.145. The summed E-state index contributed by atoms with van der Waals surface area (Å²) in [5, 5.41) is 7.38. The van der Waals surface area contributed by atoms with Crippen LogP contribution in [0.4, 0.5) is 11.9 Å². The zero-order chi connectivity index (χ0) is 14.4. The zero-order valence-corrected chi connectivity index (χ0v) is 11.7. The largest absolute Gasteiger partial charge is 0.463 e. The highest BCUT2D eigenvalue weighted by molar-refractivity contribution is 5.32. The second-order valence-corrected chi connectivity index (χ2v) is 4.31. The fourth-order valence-electron chi connectivity index (χ4n) is 1.61. The van der Waals surface area contributed by atoms with Crippen molar-refractivity contribution in [1.82, 2.24) is 24.7 Å². The summed E-state index contributed by atoms with van der Waals surface area (Å²) >= 11 is 0. The van der Waals surface area contributed by atoms with E-state index < -0.39 is 0 Å². The first-order valence-corrected chi connectivity index (χ1v) is 6.54. The molecule has 0 bridgehead atoms. The lowest BCUT2D eigenvalue weighted by atomic mass is 10.3. The fraction of sp³-hybridized carbons (Fsp3) is 0.500. The molecule has 2 heterocycles. The van der Waals surface area contributed by atoms with E-state index in [2.05, 4.69) is 25.4 Å². The van der Waals surface area contributed by atoms with Gasteiger partial charge in [0.2, 0.25) is 11.9 Å². The molecule has 0 fully saturated rings. The highest BCUT2D eigenvalue weighted by Gasteiger charge is 2.05. The van der Waals surface area contributed by atoms with Crippen LogP contribution in [-0.2, 0) is 13.5 Å².